The van der Waals surface area contributed by atoms with Gasteiger partial charge in [0.2, 0.25) is 0 Å². The lowest BCUT2D eigenvalue weighted by atomic mass is 9.78. The molecule has 0 radical (unpaired) electrons. The molecule has 0 N–H and O–H groups in total. The fraction of sp³-hybridized carbons (Fsp3) is 0.471. The van der Waals surface area contributed by atoms with Crippen molar-refractivity contribution in [1.82, 2.24) is 0 Å². The van der Waals surface area contributed by atoms with Gasteiger partial charge in [-0.1, -0.05) is 41.4 Å². The number of rotatable bonds is 3. The summed E-state index contributed by atoms with van der Waals surface area (Å²) in [6.45, 7) is 1.99. The molecular weight excluding hydrogens is 278 g/mol. The zero-order chi connectivity index (χ0) is 15.5. The third-order valence-corrected chi connectivity index (χ3v) is 4.55. The highest BCUT2D eigenvalue weighted by atomic mass is 16.5. The number of hydrogen-bond donors (Lipinski definition) is 0. The minimum absolute atomic E-state index is 0.00488. The molecule has 0 amide bonds. The monoisotopic (exact) mass is 297 g/mol. The fourth-order valence-electron chi connectivity index (χ4n) is 3.30. The topological polar surface area (TPSA) is 75.1 Å². The summed E-state index contributed by atoms with van der Waals surface area (Å²) in [7, 11) is 0. The van der Waals surface area contributed by atoms with E-state index in [9.17, 15) is 4.79 Å². The van der Waals surface area contributed by atoms with E-state index < -0.39 is 6.04 Å². The number of aryl methyl sites for hydroxylation is 1. The van der Waals surface area contributed by atoms with Crippen LogP contribution >= 0.6 is 0 Å². The number of carbonyl (C=O) groups is 1. The molecular formula is C17H19N3O2. The molecule has 1 heterocycles. The van der Waals surface area contributed by atoms with E-state index >= 15 is 0 Å². The van der Waals surface area contributed by atoms with Crippen LogP contribution in [0, 0.1) is 12.8 Å². The van der Waals surface area contributed by atoms with E-state index in [1.54, 1.807) is 0 Å². The molecule has 0 bridgehead atoms. The van der Waals surface area contributed by atoms with Gasteiger partial charge in [-0.2, -0.15) is 0 Å². The van der Waals surface area contributed by atoms with E-state index in [-0.39, 0.29) is 17.8 Å². The van der Waals surface area contributed by atoms with Crippen LogP contribution in [0.25, 0.3) is 10.4 Å². The van der Waals surface area contributed by atoms with Gasteiger partial charge in [0.15, 0.2) is 5.78 Å². The van der Waals surface area contributed by atoms with Gasteiger partial charge in [0.05, 0.1) is 18.2 Å². The van der Waals surface area contributed by atoms with Gasteiger partial charge in [-0.05, 0) is 37.3 Å². The summed E-state index contributed by atoms with van der Waals surface area (Å²) in [6.07, 6.45) is 5.47. The maximum atomic E-state index is 12.8. The summed E-state index contributed by atoms with van der Waals surface area (Å²) in [5.41, 5.74) is 11.3. The standard InChI is InChI=1S/C17H19N3O2/c1-11-6-8-12(9-7-11)16(19-20-18)14-10-22-15-5-3-2-4-13(15)17(14)21/h6-10,13,15-16H,2-5H2,1H3. The summed E-state index contributed by atoms with van der Waals surface area (Å²) in [5, 5.41) is 3.85. The zero-order valence-corrected chi connectivity index (χ0v) is 12.6. The highest BCUT2D eigenvalue weighted by molar-refractivity contribution is 5.99. The Bertz CT molecular complexity index is 644. The van der Waals surface area contributed by atoms with Gasteiger partial charge in [-0.3, -0.25) is 4.79 Å². The first-order valence-electron chi connectivity index (χ1n) is 7.71. The summed E-state index contributed by atoms with van der Waals surface area (Å²) in [6, 6.07) is 7.09. The lowest BCUT2D eigenvalue weighted by Crippen LogP contribution is -2.37. The maximum Gasteiger partial charge on any atom is 0.169 e. The number of hydrogen-bond acceptors (Lipinski definition) is 3. The Balaban J connectivity index is 1.94. The molecule has 1 aromatic carbocycles. The number of ketones is 1. The largest absolute Gasteiger partial charge is 0.497 e. The minimum Gasteiger partial charge on any atom is -0.497 e. The van der Waals surface area contributed by atoms with Gasteiger partial charge in [0, 0.05) is 10.5 Å². The number of Topliss-reactive ketones (excluding diaryl/α,β-unsaturated/α-hetero) is 1. The molecule has 3 atom stereocenters. The van der Waals surface area contributed by atoms with Gasteiger partial charge in [-0.15, -0.1) is 0 Å². The van der Waals surface area contributed by atoms with Crippen LogP contribution in [0.15, 0.2) is 41.2 Å². The van der Waals surface area contributed by atoms with Crippen molar-refractivity contribution in [2.24, 2.45) is 11.0 Å². The fourth-order valence-corrected chi connectivity index (χ4v) is 3.30. The number of carbonyl (C=O) groups excluding carboxylic acids is 1. The summed E-state index contributed by atoms with van der Waals surface area (Å²) in [5.74, 6) is -0.00971. The first-order chi connectivity index (χ1) is 10.7. The molecule has 2 aliphatic rings. The van der Waals surface area contributed by atoms with E-state index in [0.717, 1.165) is 36.8 Å². The number of fused-ring (bicyclic) bond motifs is 1. The number of azide groups is 1. The number of nitrogens with zero attached hydrogens (tertiary/aromatic N) is 3. The smallest absolute Gasteiger partial charge is 0.169 e. The molecule has 114 valence electrons. The van der Waals surface area contributed by atoms with Crippen LogP contribution in [0.5, 0.6) is 0 Å². The third kappa shape index (κ3) is 2.72. The summed E-state index contributed by atoms with van der Waals surface area (Å²) >= 11 is 0. The first-order valence-corrected chi connectivity index (χ1v) is 7.71. The van der Waals surface area contributed by atoms with Crippen molar-refractivity contribution < 1.29 is 9.53 Å². The van der Waals surface area contributed by atoms with Crippen molar-refractivity contribution in [1.29, 1.82) is 0 Å². The molecule has 3 unspecified atom stereocenters. The van der Waals surface area contributed by atoms with Crippen molar-refractivity contribution in [2.75, 3.05) is 0 Å². The van der Waals surface area contributed by atoms with Crippen LogP contribution in [-0.4, -0.2) is 11.9 Å². The average molecular weight is 297 g/mol. The Hall–Kier alpha value is -2.26. The predicted molar refractivity (Wildman–Crippen MR) is 83.0 cm³/mol. The van der Waals surface area contributed by atoms with E-state index in [0.29, 0.717) is 5.57 Å². The van der Waals surface area contributed by atoms with Crippen LogP contribution in [-0.2, 0) is 9.53 Å². The molecule has 1 fully saturated rings. The third-order valence-electron chi connectivity index (χ3n) is 4.55. The molecule has 3 rings (SSSR count). The first kappa shape index (κ1) is 14.7. The Kier molecular flexibility index (Phi) is 4.16. The lowest BCUT2D eigenvalue weighted by molar-refractivity contribution is -0.127. The molecule has 1 aliphatic carbocycles. The highest BCUT2D eigenvalue weighted by Gasteiger charge is 2.39. The molecule has 5 heteroatoms. The summed E-state index contributed by atoms with van der Waals surface area (Å²) in [4.78, 5) is 15.7. The zero-order valence-electron chi connectivity index (χ0n) is 12.6. The molecule has 1 aliphatic heterocycles. The molecule has 1 saturated carbocycles. The van der Waals surface area contributed by atoms with Crippen molar-refractivity contribution in [2.45, 2.75) is 44.8 Å². The van der Waals surface area contributed by atoms with E-state index in [1.807, 2.05) is 31.2 Å². The molecule has 0 spiro atoms. The quantitative estimate of drug-likeness (QED) is 0.471. The van der Waals surface area contributed by atoms with Gasteiger partial charge < -0.3 is 4.74 Å². The Morgan fingerprint density at radius 1 is 1.27 bits per heavy atom. The second-order valence-corrected chi connectivity index (χ2v) is 6.02. The summed E-state index contributed by atoms with van der Waals surface area (Å²) < 4.78 is 5.77. The van der Waals surface area contributed by atoms with Crippen LogP contribution in [0.4, 0.5) is 0 Å². The van der Waals surface area contributed by atoms with Crippen LogP contribution in [0.3, 0.4) is 0 Å². The molecule has 0 saturated heterocycles. The maximum absolute atomic E-state index is 12.8. The van der Waals surface area contributed by atoms with Crippen molar-refractivity contribution in [3.8, 4) is 0 Å². The number of benzene rings is 1. The molecule has 5 nitrogen and oxygen atoms in total. The van der Waals surface area contributed by atoms with Crippen molar-refractivity contribution in [3.63, 3.8) is 0 Å². The molecule has 0 aromatic heterocycles. The van der Waals surface area contributed by atoms with Gasteiger partial charge in [0.1, 0.15) is 6.10 Å². The average Bonchev–Trinajstić information content (AvgIpc) is 2.55. The van der Waals surface area contributed by atoms with Crippen molar-refractivity contribution in [3.05, 3.63) is 57.7 Å². The normalized spacial score (nSPS) is 25.3. The Morgan fingerprint density at radius 2 is 2.00 bits per heavy atom. The van der Waals surface area contributed by atoms with E-state index in [2.05, 4.69) is 10.0 Å². The van der Waals surface area contributed by atoms with Gasteiger partial charge >= 0.3 is 0 Å². The SMILES string of the molecule is Cc1ccc(C(N=[N+]=[N-])C2=COC3CCCCC3C2=O)cc1. The van der Waals surface area contributed by atoms with E-state index in [1.165, 1.54) is 6.26 Å². The molecule has 1 aromatic rings. The number of ether oxygens (including phenoxy) is 1. The highest BCUT2D eigenvalue weighted by Crippen LogP contribution is 2.38. The minimum atomic E-state index is -0.610. The van der Waals surface area contributed by atoms with Crippen LogP contribution in [0.2, 0.25) is 0 Å². The molecule has 22 heavy (non-hydrogen) atoms. The predicted octanol–water partition coefficient (Wildman–Crippen LogP) is 4.39. The second-order valence-electron chi connectivity index (χ2n) is 6.02. The van der Waals surface area contributed by atoms with E-state index in [4.69, 9.17) is 10.3 Å². The van der Waals surface area contributed by atoms with Gasteiger partial charge in [0.25, 0.3) is 0 Å². The lowest BCUT2D eigenvalue weighted by Gasteiger charge is -2.35. The van der Waals surface area contributed by atoms with Crippen LogP contribution < -0.4 is 0 Å². The Labute approximate surface area is 129 Å². The second kappa shape index (κ2) is 6.24. The van der Waals surface area contributed by atoms with Crippen LogP contribution in [0.1, 0.15) is 42.9 Å². The van der Waals surface area contributed by atoms with Crippen molar-refractivity contribution >= 4 is 5.78 Å². The Morgan fingerprint density at radius 3 is 2.73 bits per heavy atom. The van der Waals surface area contributed by atoms with Gasteiger partial charge in [-0.25, -0.2) is 0 Å².